The molecular formula is C26H26ClN3O3. The van der Waals surface area contributed by atoms with E-state index in [1.165, 1.54) is 4.90 Å². The highest BCUT2D eigenvalue weighted by Crippen LogP contribution is 2.33. The van der Waals surface area contributed by atoms with Crippen LogP contribution in [-0.2, 0) is 23.3 Å². The van der Waals surface area contributed by atoms with E-state index >= 15 is 0 Å². The van der Waals surface area contributed by atoms with Crippen molar-refractivity contribution in [3.63, 3.8) is 0 Å². The van der Waals surface area contributed by atoms with Gasteiger partial charge in [-0.2, -0.15) is 0 Å². The number of ether oxygens (including phenoxy) is 1. The summed E-state index contributed by atoms with van der Waals surface area (Å²) in [6.07, 6.45) is 0.366. The second-order valence-electron chi connectivity index (χ2n) is 8.21. The third kappa shape index (κ3) is 4.72. The van der Waals surface area contributed by atoms with Gasteiger partial charge in [0, 0.05) is 23.6 Å². The van der Waals surface area contributed by atoms with Gasteiger partial charge < -0.3 is 10.1 Å². The van der Waals surface area contributed by atoms with Crippen molar-refractivity contribution in [2.45, 2.75) is 18.5 Å². The molecule has 1 unspecified atom stereocenters. The van der Waals surface area contributed by atoms with Crippen molar-refractivity contribution in [2.75, 3.05) is 20.8 Å². The van der Waals surface area contributed by atoms with Gasteiger partial charge in [0.2, 0.25) is 0 Å². The van der Waals surface area contributed by atoms with E-state index < -0.39 is 11.6 Å². The summed E-state index contributed by atoms with van der Waals surface area (Å²) in [4.78, 5) is 30.0. The maximum atomic E-state index is 13.8. The number of benzene rings is 3. The molecule has 1 heterocycles. The Morgan fingerprint density at radius 3 is 2.33 bits per heavy atom. The predicted octanol–water partition coefficient (Wildman–Crippen LogP) is 4.43. The number of rotatable bonds is 8. The highest BCUT2D eigenvalue weighted by Gasteiger charge is 2.52. The Bertz CT molecular complexity index is 1140. The first-order chi connectivity index (χ1) is 15.9. The molecule has 170 valence electrons. The Morgan fingerprint density at radius 2 is 1.67 bits per heavy atom. The van der Waals surface area contributed by atoms with E-state index in [4.69, 9.17) is 16.3 Å². The number of urea groups is 1. The van der Waals surface area contributed by atoms with Crippen molar-refractivity contribution in [3.8, 4) is 5.75 Å². The number of hydrogen-bond donors (Lipinski definition) is 1. The Balaban J connectivity index is 1.60. The summed E-state index contributed by atoms with van der Waals surface area (Å²) in [6, 6.07) is 24.1. The molecule has 6 nitrogen and oxygen atoms in total. The first kappa shape index (κ1) is 22.8. The molecule has 7 heteroatoms. The van der Waals surface area contributed by atoms with Crippen LogP contribution in [0.2, 0.25) is 5.02 Å². The smallest absolute Gasteiger partial charge is 0.326 e. The Labute approximate surface area is 198 Å². The monoisotopic (exact) mass is 463 g/mol. The normalized spacial score (nSPS) is 18.0. The maximum Gasteiger partial charge on any atom is 0.326 e. The van der Waals surface area contributed by atoms with E-state index in [2.05, 4.69) is 5.32 Å². The van der Waals surface area contributed by atoms with Crippen molar-refractivity contribution in [2.24, 2.45) is 0 Å². The molecule has 3 aromatic carbocycles. The minimum absolute atomic E-state index is 0.129. The molecule has 4 rings (SSSR count). The lowest BCUT2D eigenvalue weighted by Gasteiger charge is -2.28. The highest BCUT2D eigenvalue weighted by molar-refractivity contribution is 6.30. The minimum Gasteiger partial charge on any atom is -0.496 e. The second-order valence-corrected chi connectivity index (χ2v) is 8.65. The molecule has 3 aromatic rings. The molecule has 1 aliphatic rings. The van der Waals surface area contributed by atoms with Crippen LogP contribution < -0.4 is 10.1 Å². The standard InChI is InChI=1S/C26H26ClN3O3/c1-29(17-20-15-22(27)13-14-23(20)33-2)18-30-24(31)26(28-25(30)32,21-11-7-4-8-12-21)16-19-9-5-3-6-10-19/h3-15H,16-18H2,1-2H3,(H,28,32). The predicted molar refractivity (Wildman–Crippen MR) is 128 cm³/mol. The molecule has 1 saturated heterocycles. The fourth-order valence-corrected chi connectivity index (χ4v) is 4.44. The number of methoxy groups -OCH3 is 1. The third-order valence-electron chi connectivity index (χ3n) is 5.82. The average Bonchev–Trinajstić information content (AvgIpc) is 3.05. The Morgan fingerprint density at radius 1 is 1.00 bits per heavy atom. The summed E-state index contributed by atoms with van der Waals surface area (Å²) in [5.74, 6) is 0.429. The quantitative estimate of drug-likeness (QED) is 0.502. The van der Waals surface area contributed by atoms with Crippen LogP contribution in [0.1, 0.15) is 16.7 Å². The van der Waals surface area contributed by atoms with E-state index in [1.807, 2.05) is 78.7 Å². The number of nitrogens with one attached hydrogen (secondary N) is 1. The van der Waals surface area contributed by atoms with Crippen molar-refractivity contribution in [3.05, 3.63) is 101 Å². The van der Waals surface area contributed by atoms with Gasteiger partial charge in [-0.15, -0.1) is 0 Å². The largest absolute Gasteiger partial charge is 0.496 e. The van der Waals surface area contributed by atoms with E-state index in [0.717, 1.165) is 16.7 Å². The Hall–Kier alpha value is -3.35. The van der Waals surface area contributed by atoms with Gasteiger partial charge in [-0.3, -0.25) is 9.69 Å². The van der Waals surface area contributed by atoms with Gasteiger partial charge in [0.25, 0.3) is 5.91 Å². The van der Waals surface area contributed by atoms with Crippen molar-refractivity contribution in [1.82, 2.24) is 15.1 Å². The van der Waals surface area contributed by atoms with Crippen LogP contribution in [0.5, 0.6) is 5.75 Å². The lowest BCUT2D eigenvalue weighted by Crippen LogP contribution is -2.46. The molecule has 0 spiro atoms. The number of imide groups is 1. The van der Waals surface area contributed by atoms with Crippen LogP contribution >= 0.6 is 11.6 Å². The number of halogens is 1. The SMILES string of the molecule is COc1ccc(Cl)cc1CN(C)CN1C(=O)NC(Cc2ccccc2)(c2ccccc2)C1=O. The van der Waals surface area contributed by atoms with Gasteiger partial charge in [-0.1, -0.05) is 72.3 Å². The summed E-state index contributed by atoms with van der Waals surface area (Å²) in [5, 5.41) is 3.60. The lowest BCUT2D eigenvalue weighted by molar-refractivity contribution is -0.133. The average molecular weight is 464 g/mol. The summed E-state index contributed by atoms with van der Waals surface area (Å²) < 4.78 is 5.43. The third-order valence-corrected chi connectivity index (χ3v) is 6.06. The molecule has 1 fully saturated rings. The number of carbonyl (C=O) groups excluding carboxylic acids is 2. The zero-order valence-electron chi connectivity index (χ0n) is 18.6. The first-order valence-corrected chi connectivity index (χ1v) is 11.1. The number of nitrogens with zero attached hydrogens (tertiary/aromatic N) is 2. The lowest BCUT2D eigenvalue weighted by atomic mass is 9.83. The fraction of sp³-hybridized carbons (Fsp3) is 0.231. The summed E-state index contributed by atoms with van der Waals surface area (Å²) in [7, 11) is 3.45. The van der Waals surface area contributed by atoms with Gasteiger partial charge in [0.1, 0.15) is 5.75 Å². The van der Waals surface area contributed by atoms with Gasteiger partial charge in [0.15, 0.2) is 5.54 Å². The van der Waals surface area contributed by atoms with Crippen molar-refractivity contribution in [1.29, 1.82) is 0 Å². The van der Waals surface area contributed by atoms with E-state index in [-0.39, 0.29) is 12.6 Å². The molecule has 33 heavy (non-hydrogen) atoms. The molecule has 1 atom stereocenters. The number of amides is 3. The molecule has 0 bridgehead atoms. The zero-order valence-corrected chi connectivity index (χ0v) is 19.4. The highest BCUT2D eigenvalue weighted by atomic mass is 35.5. The second kappa shape index (κ2) is 9.65. The van der Waals surface area contributed by atoms with Gasteiger partial charge in [0.05, 0.1) is 13.8 Å². The fourth-order valence-electron chi connectivity index (χ4n) is 4.25. The molecule has 0 aromatic heterocycles. The molecule has 1 aliphatic heterocycles. The molecular weight excluding hydrogens is 438 g/mol. The molecule has 0 radical (unpaired) electrons. The van der Waals surface area contributed by atoms with Crippen LogP contribution in [-0.4, -0.2) is 42.6 Å². The molecule has 0 saturated carbocycles. The summed E-state index contributed by atoms with van der Waals surface area (Å²) >= 11 is 6.15. The molecule has 3 amide bonds. The molecule has 0 aliphatic carbocycles. The van der Waals surface area contributed by atoms with Crippen LogP contribution in [0.15, 0.2) is 78.9 Å². The zero-order chi connectivity index (χ0) is 23.4. The number of hydrogen-bond acceptors (Lipinski definition) is 4. The van der Waals surface area contributed by atoms with Crippen LogP contribution in [0, 0.1) is 0 Å². The van der Waals surface area contributed by atoms with E-state index in [9.17, 15) is 9.59 Å². The van der Waals surface area contributed by atoms with E-state index in [0.29, 0.717) is 23.7 Å². The van der Waals surface area contributed by atoms with Gasteiger partial charge in [-0.05, 0) is 36.4 Å². The molecule has 1 N–H and O–H groups in total. The maximum absolute atomic E-state index is 13.8. The van der Waals surface area contributed by atoms with Gasteiger partial charge >= 0.3 is 6.03 Å². The minimum atomic E-state index is -1.16. The topological polar surface area (TPSA) is 61.9 Å². The van der Waals surface area contributed by atoms with Crippen molar-refractivity contribution < 1.29 is 14.3 Å². The van der Waals surface area contributed by atoms with Crippen molar-refractivity contribution >= 4 is 23.5 Å². The van der Waals surface area contributed by atoms with Crippen LogP contribution in [0.3, 0.4) is 0 Å². The van der Waals surface area contributed by atoms with Crippen LogP contribution in [0.25, 0.3) is 0 Å². The first-order valence-electron chi connectivity index (χ1n) is 10.7. The van der Waals surface area contributed by atoms with Gasteiger partial charge in [-0.25, -0.2) is 9.69 Å². The van der Waals surface area contributed by atoms with E-state index in [1.54, 1.807) is 19.2 Å². The summed E-state index contributed by atoms with van der Waals surface area (Å²) in [5.41, 5.74) is 1.44. The summed E-state index contributed by atoms with van der Waals surface area (Å²) in [6.45, 7) is 0.585. The Kier molecular flexibility index (Phi) is 6.67. The van der Waals surface area contributed by atoms with Crippen LogP contribution in [0.4, 0.5) is 4.79 Å². The number of carbonyl (C=O) groups is 2.